The van der Waals surface area contributed by atoms with Crippen molar-refractivity contribution >= 4 is 0 Å². The lowest BCUT2D eigenvalue weighted by molar-refractivity contribution is 0.0770. The van der Waals surface area contributed by atoms with Gasteiger partial charge in [-0.05, 0) is 63.8 Å². The van der Waals surface area contributed by atoms with Crippen LogP contribution in [0.3, 0.4) is 0 Å². The Hall–Kier alpha value is -0.860. The molecule has 2 heteroatoms. The second kappa shape index (κ2) is 5.19. The number of aryl methyl sites for hydroxylation is 3. The van der Waals surface area contributed by atoms with Crippen LogP contribution in [0.2, 0.25) is 0 Å². The van der Waals surface area contributed by atoms with Gasteiger partial charge in [-0.15, -0.1) is 0 Å². The van der Waals surface area contributed by atoms with Crippen LogP contribution in [-0.2, 0) is 0 Å². The maximum atomic E-state index is 9.72. The lowest BCUT2D eigenvalue weighted by Crippen LogP contribution is -2.36. The number of benzene rings is 1. The van der Waals surface area contributed by atoms with E-state index >= 15 is 0 Å². The van der Waals surface area contributed by atoms with E-state index in [2.05, 4.69) is 45.1 Å². The quantitative estimate of drug-likeness (QED) is 0.840. The highest BCUT2D eigenvalue weighted by Crippen LogP contribution is 2.21. The smallest absolute Gasteiger partial charge is 0.0715 e. The molecule has 17 heavy (non-hydrogen) atoms. The van der Waals surface area contributed by atoms with Crippen molar-refractivity contribution in [2.45, 2.75) is 53.2 Å². The Morgan fingerprint density at radius 3 is 2.18 bits per heavy atom. The summed E-state index contributed by atoms with van der Waals surface area (Å²) >= 11 is 0. The fourth-order valence-corrected chi connectivity index (χ4v) is 1.96. The Kier molecular flexibility index (Phi) is 4.34. The van der Waals surface area contributed by atoms with Gasteiger partial charge >= 0.3 is 0 Å². The van der Waals surface area contributed by atoms with Gasteiger partial charge in [-0.1, -0.05) is 12.1 Å². The normalized spacial score (nSPS) is 13.8. The van der Waals surface area contributed by atoms with Crippen molar-refractivity contribution in [2.24, 2.45) is 0 Å². The van der Waals surface area contributed by atoms with Gasteiger partial charge in [0, 0.05) is 12.6 Å². The summed E-state index contributed by atoms with van der Waals surface area (Å²) in [5.41, 5.74) is 4.62. The first kappa shape index (κ1) is 14.2. The van der Waals surface area contributed by atoms with E-state index in [-0.39, 0.29) is 6.04 Å². The van der Waals surface area contributed by atoms with E-state index in [1.807, 2.05) is 13.8 Å². The first-order valence-electron chi connectivity index (χ1n) is 6.24. The van der Waals surface area contributed by atoms with Gasteiger partial charge in [0.2, 0.25) is 0 Å². The summed E-state index contributed by atoms with van der Waals surface area (Å²) in [6.45, 7) is 12.8. The van der Waals surface area contributed by atoms with Crippen molar-refractivity contribution < 1.29 is 5.11 Å². The minimum atomic E-state index is -0.665. The second-order valence-electron chi connectivity index (χ2n) is 5.71. The molecule has 0 saturated carbocycles. The average molecular weight is 235 g/mol. The van der Waals surface area contributed by atoms with E-state index in [1.54, 1.807) is 0 Å². The zero-order valence-electron chi connectivity index (χ0n) is 11.9. The molecular formula is C15H25NO. The molecule has 0 aliphatic rings. The van der Waals surface area contributed by atoms with Crippen molar-refractivity contribution in [3.63, 3.8) is 0 Å². The van der Waals surface area contributed by atoms with Gasteiger partial charge in [0.25, 0.3) is 0 Å². The molecule has 0 saturated heterocycles. The van der Waals surface area contributed by atoms with Crippen molar-refractivity contribution in [2.75, 3.05) is 6.54 Å². The molecular weight excluding hydrogens is 210 g/mol. The number of aliphatic hydroxyl groups is 1. The molecule has 1 aromatic rings. The van der Waals surface area contributed by atoms with Gasteiger partial charge in [-0.2, -0.15) is 0 Å². The van der Waals surface area contributed by atoms with Crippen molar-refractivity contribution in [3.8, 4) is 0 Å². The molecule has 1 rings (SSSR count). The third-order valence-corrected chi connectivity index (χ3v) is 3.19. The van der Waals surface area contributed by atoms with Crippen LogP contribution >= 0.6 is 0 Å². The highest BCUT2D eigenvalue weighted by atomic mass is 16.3. The molecule has 0 amide bonds. The first-order valence-corrected chi connectivity index (χ1v) is 6.24. The Morgan fingerprint density at radius 1 is 1.12 bits per heavy atom. The largest absolute Gasteiger partial charge is 0.389 e. The van der Waals surface area contributed by atoms with Crippen LogP contribution in [0.4, 0.5) is 0 Å². The minimum Gasteiger partial charge on any atom is -0.389 e. The molecule has 2 N–H and O–H groups in total. The Balaban J connectivity index is 2.82. The average Bonchev–Trinajstić information content (AvgIpc) is 2.19. The zero-order chi connectivity index (χ0) is 13.2. The van der Waals surface area contributed by atoms with Crippen LogP contribution in [0.15, 0.2) is 12.1 Å². The molecule has 0 aliphatic carbocycles. The van der Waals surface area contributed by atoms with E-state index in [9.17, 15) is 5.11 Å². The molecule has 0 aromatic heterocycles. The van der Waals surface area contributed by atoms with Gasteiger partial charge in [-0.3, -0.25) is 0 Å². The predicted molar refractivity (Wildman–Crippen MR) is 73.4 cm³/mol. The molecule has 96 valence electrons. The third-order valence-electron chi connectivity index (χ3n) is 3.19. The molecule has 2 nitrogen and oxygen atoms in total. The molecule has 0 aliphatic heterocycles. The molecule has 0 bridgehead atoms. The van der Waals surface area contributed by atoms with Crippen LogP contribution in [0.25, 0.3) is 0 Å². The van der Waals surface area contributed by atoms with Gasteiger partial charge in [0.15, 0.2) is 0 Å². The summed E-state index contributed by atoms with van der Waals surface area (Å²) in [6, 6.07) is 4.74. The number of rotatable bonds is 4. The fourth-order valence-electron chi connectivity index (χ4n) is 1.96. The summed E-state index contributed by atoms with van der Waals surface area (Å²) in [6.07, 6.45) is 0. The highest BCUT2D eigenvalue weighted by molar-refractivity contribution is 5.38. The summed E-state index contributed by atoms with van der Waals surface area (Å²) in [5.74, 6) is 0. The summed E-state index contributed by atoms with van der Waals surface area (Å²) < 4.78 is 0. The van der Waals surface area contributed by atoms with Crippen molar-refractivity contribution in [3.05, 3.63) is 34.4 Å². The lowest BCUT2D eigenvalue weighted by atomic mass is 9.96. The van der Waals surface area contributed by atoms with Gasteiger partial charge < -0.3 is 10.4 Å². The lowest BCUT2D eigenvalue weighted by Gasteiger charge is -2.23. The molecule has 1 atom stereocenters. The standard InChI is InChI=1S/C15H25NO/c1-10-7-12(3)14(8-11(10)2)13(4)16-9-15(5,6)17/h7-8,13,16-17H,9H2,1-6H3. The topological polar surface area (TPSA) is 32.3 Å². The SMILES string of the molecule is Cc1cc(C)c(C(C)NCC(C)(C)O)cc1C. The Bertz CT molecular complexity index is 391. The molecule has 0 radical (unpaired) electrons. The van der Waals surface area contributed by atoms with E-state index in [1.165, 1.54) is 22.3 Å². The van der Waals surface area contributed by atoms with Crippen LogP contribution in [0.5, 0.6) is 0 Å². The monoisotopic (exact) mass is 235 g/mol. The van der Waals surface area contributed by atoms with Crippen LogP contribution in [-0.4, -0.2) is 17.3 Å². The number of hydrogen-bond acceptors (Lipinski definition) is 2. The maximum absolute atomic E-state index is 9.72. The Labute approximate surface area is 105 Å². The van der Waals surface area contributed by atoms with Crippen molar-refractivity contribution in [1.29, 1.82) is 0 Å². The van der Waals surface area contributed by atoms with Crippen LogP contribution < -0.4 is 5.32 Å². The molecule has 0 fully saturated rings. The second-order valence-corrected chi connectivity index (χ2v) is 5.71. The van der Waals surface area contributed by atoms with E-state index in [4.69, 9.17) is 0 Å². The molecule has 1 aromatic carbocycles. The van der Waals surface area contributed by atoms with Gasteiger partial charge in [0.05, 0.1) is 5.60 Å². The number of hydrogen-bond donors (Lipinski definition) is 2. The minimum absolute atomic E-state index is 0.265. The maximum Gasteiger partial charge on any atom is 0.0715 e. The van der Waals surface area contributed by atoms with E-state index in [0.29, 0.717) is 6.54 Å². The summed E-state index contributed by atoms with van der Waals surface area (Å²) in [5, 5.41) is 13.1. The third kappa shape index (κ3) is 4.14. The first-order chi connectivity index (χ1) is 7.70. The van der Waals surface area contributed by atoms with Crippen molar-refractivity contribution in [1.82, 2.24) is 5.32 Å². The molecule has 0 spiro atoms. The van der Waals surface area contributed by atoms with Crippen LogP contribution in [0, 0.1) is 20.8 Å². The molecule has 0 heterocycles. The van der Waals surface area contributed by atoms with E-state index in [0.717, 1.165) is 0 Å². The van der Waals surface area contributed by atoms with Crippen LogP contribution in [0.1, 0.15) is 49.1 Å². The molecule has 1 unspecified atom stereocenters. The highest BCUT2D eigenvalue weighted by Gasteiger charge is 2.15. The zero-order valence-corrected chi connectivity index (χ0v) is 11.9. The summed E-state index contributed by atoms with van der Waals surface area (Å²) in [7, 11) is 0. The summed E-state index contributed by atoms with van der Waals surface area (Å²) in [4.78, 5) is 0. The Morgan fingerprint density at radius 2 is 1.65 bits per heavy atom. The van der Waals surface area contributed by atoms with Gasteiger partial charge in [0.1, 0.15) is 0 Å². The number of nitrogens with one attached hydrogen (secondary N) is 1. The van der Waals surface area contributed by atoms with Gasteiger partial charge in [-0.25, -0.2) is 0 Å². The predicted octanol–water partition coefficient (Wildman–Crippen LogP) is 3.03. The van der Waals surface area contributed by atoms with E-state index < -0.39 is 5.60 Å². The fraction of sp³-hybridized carbons (Fsp3) is 0.600.